The fourth-order valence-corrected chi connectivity index (χ4v) is 6.20. The van der Waals surface area contributed by atoms with Gasteiger partial charge in [0.15, 0.2) is 0 Å². The lowest BCUT2D eigenvalue weighted by atomic mass is 9.97. The Morgan fingerprint density at radius 2 is 1.33 bits per heavy atom. The highest BCUT2D eigenvalue weighted by atomic mass is 35.5. The van der Waals surface area contributed by atoms with Crippen LogP contribution in [0.1, 0.15) is 40.9 Å². The molecule has 3 atom stereocenters. The maximum absolute atomic E-state index is 13.7. The van der Waals surface area contributed by atoms with E-state index < -0.39 is 41.0 Å². The fraction of sp³-hybridized carbons (Fsp3) is 0.469. The van der Waals surface area contributed by atoms with Crippen molar-refractivity contribution in [2.75, 3.05) is 45.8 Å². The van der Waals surface area contributed by atoms with E-state index in [9.17, 15) is 31.1 Å². The van der Waals surface area contributed by atoms with Gasteiger partial charge in [-0.25, -0.2) is 0 Å². The maximum Gasteiger partial charge on any atom is 0.416 e. The number of hydrogen-bond acceptors (Lipinski definition) is 4. The van der Waals surface area contributed by atoms with E-state index in [4.69, 9.17) is 4.74 Å². The normalized spacial score (nSPS) is 21.7. The molecule has 0 N–H and O–H groups in total. The van der Waals surface area contributed by atoms with E-state index in [1.54, 1.807) is 0 Å². The molecule has 0 radical (unpaired) electrons. The van der Waals surface area contributed by atoms with Crippen LogP contribution >= 0.6 is 24.8 Å². The molecule has 2 aliphatic rings. The van der Waals surface area contributed by atoms with Crippen LogP contribution in [0.3, 0.4) is 0 Å². The summed E-state index contributed by atoms with van der Waals surface area (Å²) in [5.41, 5.74) is -2.68. The summed E-state index contributed by atoms with van der Waals surface area (Å²) in [6.07, 6.45) is -9.42. The standard InChI is InChI=1S/C32H35F6N3O2.2ClH/c1-21-18-40(19-22(2)43-21)10-9-39-11-12-41(29(20-39)14-23-7-8-24-5-3-4-6-25(24)13-23)30(42)26-15-27(31(33,34)35)17-28(16-26)32(36,37)38;;/h3-8,13,15-17,21-22,29H,9-12,14,18-20H2,1-2H3;2*1H/t21-,22+,29-;;/m1../s1. The maximum atomic E-state index is 13.7. The summed E-state index contributed by atoms with van der Waals surface area (Å²) < 4.78 is 87.2. The highest BCUT2D eigenvalue weighted by Crippen LogP contribution is 2.37. The zero-order valence-electron chi connectivity index (χ0n) is 24.9. The quantitative estimate of drug-likeness (QED) is 0.258. The molecule has 0 saturated carbocycles. The van der Waals surface area contributed by atoms with Crippen molar-refractivity contribution in [3.05, 3.63) is 82.9 Å². The topological polar surface area (TPSA) is 36.0 Å². The van der Waals surface area contributed by atoms with Gasteiger partial charge in [0, 0.05) is 57.4 Å². The van der Waals surface area contributed by atoms with Crippen LogP contribution in [-0.4, -0.2) is 84.7 Å². The first kappa shape index (κ1) is 36.9. The molecular weight excluding hydrogens is 643 g/mol. The highest BCUT2D eigenvalue weighted by Gasteiger charge is 2.39. The molecule has 13 heteroatoms. The Balaban J connectivity index is 0.00000276. The number of halogens is 8. The molecule has 5 nitrogen and oxygen atoms in total. The van der Waals surface area contributed by atoms with E-state index in [-0.39, 0.29) is 49.6 Å². The summed E-state index contributed by atoms with van der Waals surface area (Å²) in [5, 5.41) is 2.05. The van der Waals surface area contributed by atoms with Crippen LogP contribution in [0.25, 0.3) is 10.8 Å². The third-order valence-electron chi connectivity index (χ3n) is 8.18. The van der Waals surface area contributed by atoms with Gasteiger partial charge < -0.3 is 9.64 Å². The van der Waals surface area contributed by atoms with Crippen LogP contribution in [0.2, 0.25) is 0 Å². The van der Waals surface area contributed by atoms with Crippen LogP contribution < -0.4 is 0 Å². The highest BCUT2D eigenvalue weighted by molar-refractivity contribution is 5.95. The zero-order chi connectivity index (χ0) is 30.9. The van der Waals surface area contributed by atoms with Gasteiger partial charge in [-0.05, 0) is 54.8 Å². The van der Waals surface area contributed by atoms with Gasteiger partial charge >= 0.3 is 12.4 Å². The Labute approximate surface area is 271 Å². The van der Waals surface area contributed by atoms with Crippen LogP contribution in [0.4, 0.5) is 26.3 Å². The molecule has 0 aromatic heterocycles. The Kier molecular flexibility index (Phi) is 12.2. The summed E-state index contributed by atoms with van der Waals surface area (Å²) in [4.78, 5) is 19.7. The van der Waals surface area contributed by atoms with Crippen molar-refractivity contribution in [3.63, 3.8) is 0 Å². The van der Waals surface area contributed by atoms with Gasteiger partial charge in [-0.1, -0.05) is 42.5 Å². The minimum atomic E-state index is -5.03. The monoisotopic (exact) mass is 679 g/mol. The molecular formula is C32H37Cl2F6N3O2. The van der Waals surface area contributed by atoms with Crippen molar-refractivity contribution in [1.29, 1.82) is 0 Å². The minimum Gasteiger partial charge on any atom is -0.373 e. The van der Waals surface area contributed by atoms with E-state index >= 15 is 0 Å². The fourth-order valence-electron chi connectivity index (χ4n) is 6.20. The largest absolute Gasteiger partial charge is 0.416 e. The van der Waals surface area contributed by atoms with Crippen molar-refractivity contribution in [1.82, 2.24) is 14.7 Å². The van der Waals surface area contributed by atoms with Crippen LogP contribution in [0.5, 0.6) is 0 Å². The van der Waals surface area contributed by atoms with Crippen molar-refractivity contribution < 1.29 is 35.9 Å². The molecule has 45 heavy (non-hydrogen) atoms. The number of carbonyl (C=O) groups excluding carboxylic acids is 1. The van der Waals surface area contributed by atoms with Crippen LogP contribution in [0, 0.1) is 0 Å². The van der Waals surface area contributed by atoms with Gasteiger partial charge in [-0.3, -0.25) is 14.6 Å². The molecule has 3 aromatic rings. The molecule has 2 saturated heterocycles. The van der Waals surface area contributed by atoms with Gasteiger partial charge in [-0.2, -0.15) is 26.3 Å². The first-order valence-electron chi connectivity index (χ1n) is 14.4. The van der Waals surface area contributed by atoms with E-state index in [1.165, 1.54) is 4.90 Å². The van der Waals surface area contributed by atoms with E-state index in [1.807, 2.05) is 56.3 Å². The summed E-state index contributed by atoms with van der Waals surface area (Å²) >= 11 is 0. The number of hydrogen-bond donors (Lipinski definition) is 0. The summed E-state index contributed by atoms with van der Waals surface area (Å²) in [5.74, 6) is -0.835. The number of alkyl halides is 6. The van der Waals surface area contributed by atoms with Gasteiger partial charge in [0.05, 0.1) is 23.3 Å². The lowest BCUT2D eigenvalue weighted by Gasteiger charge is -2.43. The summed E-state index contributed by atoms with van der Waals surface area (Å²) in [7, 11) is 0. The lowest BCUT2D eigenvalue weighted by molar-refractivity contribution is -0.143. The van der Waals surface area contributed by atoms with E-state index in [0.29, 0.717) is 31.6 Å². The third-order valence-corrected chi connectivity index (χ3v) is 8.18. The number of benzene rings is 3. The van der Waals surface area contributed by atoms with E-state index in [2.05, 4.69) is 9.80 Å². The Morgan fingerprint density at radius 3 is 1.93 bits per heavy atom. The molecule has 248 valence electrons. The van der Waals surface area contributed by atoms with Crippen molar-refractivity contribution in [3.8, 4) is 0 Å². The number of piperazine rings is 1. The summed E-state index contributed by atoms with van der Waals surface area (Å²) in [6, 6.07) is 14.4. The smallest absolute Gasteiger partial charge is 0.373 e. The predicted octanol–water partition coefficient (Wildman–Crippen LogP) is 7.20. The van der Waals surface area contributed by atoms with Crippen molar-refractivity contribution in [2.24, 2.45) is 0 Å². The molecule has 1 amide bonds. The molecule has 2 aliphatic heterocycles. The first-order valence-corrected chi connectivity index (χ1v) is 14.4. The minimum absolute atomic E-state index is 0. The molecule has 3 aromatic carbocycles. The number of fused-ring (bicyclic) bond motifs is 1. The SMILES string of the molecule is C[C@@H]1CN(CCN2CCN(C(=O)c3cc(C(F)(F)F)cc(C(F)(F)F)c3)[C@H](Cc3ccc4ccccc4c3)C2)C[C@H](C)O1.Cl.Cl. The Morgan fingerprint density at radius 1 is 0.756 bits per heavy atom. The van der Waals surface area contributed by atoms with Gasteiger partial charge in [0.1, 0.15) is 0 Å². The zero-order valence-corrected chi connectivity index (χ0v) is 26.5. The number of amides is 1. The second-order valence-electron chi connectivity index (χ2n) is 11.7. The number of rotatable bonds is 6. The molecule has 2 fully saturated rings. The first-order chi connectivity index (χ1) is 20.3. The second kappa shape index (κ2) is 14.9. The van der Waals surface area contributed by atoms with Gasteiger partial charge in [0.25, 0.3) is 5.91 Å². The van der Waals surface area contributed by atoms with Gasteiger partial charge in [-0.15, -0.1) is 24.8 Å². The molecule has 5 rings (SSSR count). The third kappa shape index (κ3) is 9.25. The molecule has 0 bridgehead atoms. The average Bonchev–Trinajstić information content (AvgIpc) is 2.94. The summed E-state index contributed by atoms with van der Waals surface area (Å²) in [6.45, 7) is 8.27. The molecule has 0 spiro atoms. The van der Waals surface area contributed by atoms with Crippen LogP contribution in [-0.2, 0) is 23.5 Å². The second-order valence-corrected chi connectivity index (χ2v) is 11.7. The number of ether oxygens (including phenoxy) is 1. The lowest BCUT2D eigenvalue weighted by Crippen LogP contribution is -2.57. The van der Waals surface area contributed by atoms with E-state index in [0.717, 1.165) is 42.5 Å². The predicted molar refractivity (Wildman–Crippen MR) is 166 cm³/mol. The van der Waals surface area contributed by atoms with Gasteiger partial charge in [0.2, 0.25) is 0 Å². The average molecular weight is 681 g/mol. The molecule has 0 unspecified atom stereocenters. The Hall–Kier alpha value is -2.57. The van der Waals surface area contributed by atoms with Crippen molar-refractivity contribution in [2.45, 2.75) is 50.9 Å². The number of morpholine rings is 1. The number of carbonyl (C=O) groups is 1. The Bertz CT molecular complexity index is 1410. The molecule has 2 heterocycles. The van der Waals surface area contributed by atoms with Crippen LogP contribution in [0.15, 0.2) is 60.7 Å². The number of nitrogens with zero attached hydrogens (tertiary/aromatic N) is 3. The van der Waals surface area contributed by atoms with Crippen molar-refractivity contribution >= 4 is 41.5 Å². The molecule has 0 aliphatic carbocycles.